The van der Waals surface area contributed by atoms with E-state index in [1.54, 1.807) is 0 Å². The van der Waals surface area contributed by atoms with E-state index in [2.05, 4.69) is 5.32 Å². The number of carbonyl (C=O) groups excluding carboxylic acids is 2. The van der Waals surface area contributed by atoms with Gasteiger partial charge in [0, 0.05) is 26.2 Å². The Bertz CT molecular complexity index is 411. The predicted octanol–water partition coefficient (Wildman–Crippen LogP) is 1.12. The standard InChI is InChI=1S/C16H26N2O4.ClH/c19-15(22-11-13-5-2-8-21-13)9-14-16(20)18(7-6-17-14)10-12-3-1-4-12;/h12-14,17H,1-11H2;1H. The fourth-order valence-electron chi connectivity index (χ4n) is 3.31. The van der Waals surface area contributed by atoms with E-state index in [9.17, 15) is 9.59 Å². The topological polar surface area (TPSA) is 67.9 Å². The SMILES string of the molecule is Cl.O=C(CC1NCCN(CC2CCC2)C1=O)OCC1CCCO1. The van der Waals surface area contributed by atoms with Gasteiger partial charge in [-0.15, -0.1) is 12.4 Å². The molecule has 0 aromatic carbocycles. The van der Waals surface area contributed by atoms with Crippen molar-refractivity contribution in [3.63, 3.8) is 0 Å². The van der Waals surface area contributed by atoms with E-state index in [0.717, 1.165) is 39.1 Å². The molecule has 3 rings (SSSR count). The number of nitrogens with zero attached hydrogens (tertiary/aromatic N) is 1. The minimum atomic E-state index is -0.425. The number of esters is 1. The number of hydrogen-bond donors (Lipinski definition) is 1. The molecular formula is C16H27ClN2O4. The highest BCUT2D eigenvalue weighted by molar-refractivity contribution is 5.87. The van der Waals surface area contributed by atoms with Gasteiger partial charge in [0.05, 0.1) is 18.6 Å². The average molecular weight is 347 g/mol. The molecule has 3 fully saturated rings. The highest BCUT2D eigenvalue weighted by Gasteiger charge is 2.33. The maximum atomic E-state index is 12.4. The smallest absolute Gasteiger partial charge is 0.308 e. The van der Waals surface area contributed by atoms with Crippen LogP contribution in [0.3, 0.4) is 0 Å². The van der Waals surface area contributed by atoms with Crippen molar-refractivity contribution in [2.24, 2.45) is 5.92 Å². The summed E-state index contributed by atoms with van der Waals surface area (Å²) in [5.74, 6) is 0.397. The van der Waals surface area contributed by atoms with Gasteiger partial charge in [0.2, 0.25) is 5.91 Å². The Morgan fingerprint density at radius 3 is 2.78 bits per heavy atom. The third kappa shape index (κ3) is 5.06. The van der Waals surface area contributed by atoms with Crippen LogP contribution < -0.4 is 5.32 Å². The Balaban J connectivity index is 0.00000192. The molecule has 1 N–H and O–H groups in total. The molecule has 2 aliphatic heterocycles. The van der Waals surface area contributed by atoms with E-state index in [1.807, 2.05) is 4.90 Å². The number of piperazine rings is 1. The first-order valence-corrected chi connectivity index (χ1v) is 8.52. The van der Waals surface area contributed by atoms with Crippen LogP contribution in [0.2, 0.25) is 0 Å². The van der Waals surface area contributed by atoms with Crippen molar-refractivity contribution in [3.8, 4) is 0 Å². The third-order valence-corrected chi connectivity index (χ3v) is 4.91. The predicted molar refractivity (Wildman–Crippen MR) is 87.5 cm³/mol. The first kappa shape index (κ1) is 18.5. The number of hydrogen-bond acceptors (Lipinski definition) is 5. The minimum Gasteiger partial charge on any atom is -0.463 e. The van der Waals surface area contributed by atoms with E-state index < -0.39 is 6.04 Å². The van der Waals surface area contributed by atoms with Crippen molar-refractivity contribution in [2.75, 3.05) is 32.8 Å². The van der Waals surface area contributed by atoms with Gasteiger partial charge in [-0.25, -0.2) is 0 Å². The van der Waals surface area contributed by atoms with Gasteiger partial charge >= 0.3 is 5.97 Å². The molecule has 0 bridgehead atoms. The van der Waals surface area contributed by atoms with Gasteiger partial charge in [-0.2, -0.15) is 0 Å². The van der Waals surface area contributed by atoms with Crippen LogP contribution in [0.25, 0.3) is 0 Å². The van der Waals surface area contributed by atoms with Gasteiger partial charge in [-0.3, -0.25) is 9.59 Å². The number of halogens is 1. The average Bonchev–Trinajstić information content (AvgIpc) is 2.97. The molecule has 0 aromatic rings. The Morgan fingerprint density at radius 2 is 2.13 bits per heavy atom. The van der Waals surface area contributed by atoms with Crippen LogP contribution in [0.15, 0.2) is 0 Å². The molecule has 0 aromatic heterocycles. The molecule has 2 atom stereocenters. The molecular weight excluding hydrogens is 320 g/mol. The van der Waals surface area contributed by atoms with Crippen LogP contribution in [0.1, 0.15) is 38.5 Å². The molecule has 7 heteroatoms. The molecule has 2 heterocycles. The summed E-state index contributed by atoms with van der Waals surface area (Å²) >= 11 is 0. The van der Waals surface area contributed by atoms with Gasteiger partial charge in [0.25, 0.3) is 0 Å². The first-order chi connectivity index (χ1) is 10.7. The van der Waals surface area contributed by atoms with E-state index in [1.165, 1.54) is 19.3 Å². The van der Waals surface area contributed by atoms with Gasteiger partial charge in [0.15, 0.2) is 0 Å². The zero-order valence-electron chi connectivity index (χ0n) is 13.5. The molecule has 23 heavy (non-hydrogen) atoms. The first-order valence-electron chi connectivity index (χ1n) is 8.52. The fraction of sp³-hybridized carbons (Fsp3) is 0.875. The monoisotopic (exact) mass is 346 g/mol. The van der Waals surface area contributed by atoms with Crippen molar-refractivity contribution >= 4 is 24.3 Å². The lowest BCUT2D eigenvalue weighted by molar-refractivity contribution is -0.151. The molecule has 1 saturated carbocycles. The third-order valence-electron chi connectivity index (χ3n) is 4.91. The highest BCUT2D eigenvalue weighted by atomic mass is 35.5. The maximum Gasteiger partial charge on any atom is 0.308 e. The maximum absolute atomic E-state index is 12.4. The zero-order valence-corrected chi connectivity index (χ0v) is 14.3. The largest absolute Gasteiger partial charge is 0.463 e. The molecule has 132 valence electrons. The molecule has 3 aliphatic rings. The molecule has 6 nitrogen and oxygen atoms in total. The van der Waals surface area contributed by atoms with Crippen LogP contribution in [0, 0.1) is 5.92 Å². The van der Waals surface area contributed by atoms with Crippen molar-refractivity contribution in [2.45, 2.75) is 50.7 Å². The van der Waals surface area contributed by atoms with Crippen LogP contribution >= 0.6 is 12.4 Å². The number of rotatable bonds is 6. The Morgan fingerprint density at radius 1 is 1.30 bits per heavy atom. The quantitative estimate of drug-likeness (QED) is 0.730. The molecule has 0 spiro atoms. The summed E-state index contributed by atoms with van der Waals surface area (Å²) in [4.78, 5) is 26.3. The molecule has 2 unspecified atom stereocenters. The highest BCUT2D eigenvalue weighted by Crippen LogP contribution is 2.27. The summed E-state index contributed by atoms with van der Waals surface area (Å²) in [7, 11) is 0. The molecule has 1 amide bonds. The Hall–Kier alpha value is -0.850. The number of nitrogens with one attached hydrogen (secondary N) is 1. The summed E-state index contributed by atoms with van der Waals surface area (Å²) in [6.07, 6.45) is 5.87. The molecule has 1 aliphatic carbocycles. The summed E-state index contributed by atoms with van der Waals surface area (Å²) in [5, 5.41) is 3.14. The van der Waals surface area contributed by atoms with E-state index in [0.29, 0.717) is 12.5 Å². The second-order valence-corrected chi connectivity index (χ2v) is 6.61. The number of ether oxygens (including phenoxy) is 2. The summed E-state index contributed by atoms with van der Waals surface area (Å²) < 4.78 is 10.7. The Kier molecular flexibility index (Phi) is 7.11. The summed E-state index contributed by atoms with van der Waals surface area (Å²) in [5.41, 5.74) is 0. The molecule has 2 saturated heterocycles. The fourth-order valence-corrected chi connectivity index (χ4v) is 3.31. The second kappa shape index (κ2) is 8.85. The zero-order chi connectivity index (χ0) is 15.4. The minimum absolute atomic E-state index is 0. The van der Waals surface area contributed by atoms with Crippen LogP contribution in [0.5, 0.6) is 0 Å². The van der Waals surface area contributed by atoms with Gasteiger partial charge in [-0.05, 0) is 31.6 Å². The summed E-state index contributed by atoms with van der Waals surface area (Å²) in [6, 6.07) is -0.425. The lowest BCUT2D eigenvalue weighted by atomic mass is 9.85. The van der Waals surface area contributed by atoms with Crippen molar-refractivity contribution in [1.82, 2.24) is 10.2 Å². The van der Waals surface area contributed by atoms with Gasteiger partial charge in [0.1, 0.15) is 6.61 Å². The number of carbonyl (C=O) groups is 2. The van der Waals surface area contributed by atoms with Crippen molar-refractivity contribution in [1.29, 1.82) is 0 Å². The van der Waals surface area contributed by atoms with Crippen molar-refractivity contribution in [3.05, 3.63) is 0 Å². The van der Waals surface area contributed by atoms with Crippen LogP contribution in [0.4, 0.5) is 0 Å². The lowest BCUT2D eigenvalue weighted by Crippen LogP contribution is -2.57. The van der Waals surface area contributed by atoms with Crippen LogP contribution in [-0.4, -0.2) is 61.8 Å². The lowest BCUT2D eigenvalue weighted by Gasteiger charge is -2.37. The van der Waals surface area contributed by atoms with Crippen molar-refractivity contribution < 1.29 is 19.1 Å². The second-order valence-electron chi connectivity index (χ2n) is 6.61. The van der Waals surface area contributed by atoms with Gasteiger partial charge in [-0.1, -0.05) is 6.42 Å². The number of amides is 1. The molecule has 0 radical (unpaired) electrons. The van der Waals surface area contributed by atoms with E-state index in [-0.39, 0.29) is 36.8 Å². The normalized spacial score (nSPS) is 28.2. The van der Waals surface area contributed by atoms with Gasteiger partial charge < -0.3 is 19.7 Å². The Labute approximate surface area is 143 Å². The van der Waals surface area contributed by atoms with E-state index >= 15 is 0 Å². The van der Waals surface area contributed by atoms with Crippen LogP contribution in [-0.2, 0) is 19.1 Å². The van der Waals surface area contributed by atoms with E-state index in [4.69, 9.17) is 9.47 Å². The summed E-state index contributed by atoms with van der Waals surface area (Å²) in [6.45, 7) is 3.41.